The number of hydrogen-bond donors (Lipinski definition) is 2. The molecule has 0 radical (unpaired) electrons. The van der Waals surface area contributed by atoms with Crippen LogP contribution in [-0.2, 0) is 11.2 Å². The number of rotatable bonds is 6. The molecule has 1 aromatic rings. The van der Waals surface area contributed by atoms with Crippen molar-refractivity contribution >= 4 is 41.5 Å². The second kappa shape index (κ2) is 9.46. The summed E-state index contributed by atoms with van der Waals surface area (Å²) in [5.41, 5.74) is 0.940. The third-order valence-corrected chi connectivity index (χ3v) is 3.65. The normalized spacial score (nSPS) is 13.2. The number of carbonyl (C=O) groups is 1. The molecule has 2 unspecified atom stereocenters. The highest BCUT2D eigenvalue weighted by molar-refractivity contribution is 6.35. The summed E-state index contributed by atoms with van der Waals surface area (Å²) < 4.78 is 0. The van der Waals surface area contributed by atoms with Crippen molar-refractivity contribution in [3.05, 3.63) is 33.8 Å². The van der Waals surface area contributed by atoms with Gasteiger partial charge >= 0.3 is 0 Å². The van der Waals surface area contributed by atoms with Crippen LogP contribution in [0.25, 0.3) is 0 Å². The van der Waals surface area contributed by atoms with E-state index < -0.39 is 0 Å². The maximum Gasteiger partial charge on any atom is 0.223 e. The summed E-state index contributed by atoms with van der Waals surface area (Å²) >= 11 is 11.9. The summed E-state index contributed by atoms with van der Waals surface area (Å²) in [6.45, 7) is 4.53. The standard InChI is InChI=1S/C14H20Cl2N2O.ClH/c1-9(14(19)18-8-10(2)17-3)6-11-4-5-12(15)7-13(11)16;/h4-5,7,9-10,17H,6,8H2,1-3H3,(H,18,19);1H. The quantitative estimate of drug-likeness (QED) is 0.835. The van der Waals surface area contributed by atoms with Crippen LogP contribution >= 0.6 is 35.6 Å². The van der Waals surface area contributed by atoms with Crippen molar-refractivity contribution in [3.63, 3.8) is 0 Å². The number of hydrogen-bond acceptors (Lipinski definition) is 2. The van der Waals surface area contributed by atoms with E-state index in [9.17, 15) is 4.79 Å². The average molecular weight is 340 g/mol. The molecule has 6 heteroatoms. The molecule has 0 spiro atoms. The fraction of sp³-hybridized carbons (Fsp3) is 0.500. The third-order valence-electron chi connectivity index (χ3n) is 3.06. The molecule has 0 aliphatic rings. The topological polar surface area (TPSA) is 41.1 Å². The van der Waals surface area contributed by atoms with Gasteiger partial charge in [-0.05, 0) is 38.1 Å². The molecule has 3 nitrogen and oxygen atoms in total. The van der Waals surface area contributed by atoms with E-state index in [1.165, 1.54) is 0 Å². The SMILES string of the molecule is CNC(C)CNC(=O)C(C)Cc1ccc(Cl)cc1Cl.Cl. The molecule has 0 aromatic heterocycles. The Morgan fingerprint density at radius 3 is 2.50 bits per heavy atom. The Kier molecular flexibility index (Phi) is 9.23. The van der Waals surface area contributed by atoms with Gasteiger partial charge in [-0.25, -0.2) is 0 Å². The molecule has 2 atom stereocenters. The highest BCUT2D eigenvalue weighted by atomic mass is 35.5. The largest absolute Gasteiger partial charge is 0.354 e. The minimum atomic E-state index is -0.122. The van der Waals surface area contributed by atoms with Gasteiger partial charge in [0.05, 0.1) is 0 Å². The lowest BCUT2D eigenvalue weighted by atomic mass is 10.0. The molecule has 0 bridgehead atoms. The van der Waals surface area contributed by atoms with E-state index in [1.807, 2.05) is 27.0 Å². The van der Waals surface area contributed by atoms with E-state index >= 15 is 0 Å². The van der Waals surface area contributed by atoms with Crippen molar-refractivity contribution in [1.82, 2.24) is 10.6 Å². The van der Waals surface area contributed by atoms with Crippen molar-refractivity contribution in [2.24, 2.45) is 5.92 Å². The van der Waals surface area contributed by atoms with E-state index in [-0.39, 0.29) is 30.3 Å². The van der Waals surface area contributed by atoms with Crippen LogP contribution < -0.4 is 10.6 Å². The van der Waals surface area contributed by atoms with Crippen LogP contribution in [0.5, 0.6) is 0 Å². The molecule has 20 heavy (non-hydrogen) atoms. The molecule has 114 valence electrons. The molecule has 0 aliphatic heterocycles. The van der Waals surface area contributed by atoms with Gasteiger partial charge in [-0.2, -0.15) is 0 Å². The van der Waals surface area contributed by atoms with E-state index in [1.54, 1.807) is 12.1 Å². The van der Waals surface area contributed by atoms with Gasteiger partial charge in [0.2, 0.25) is 5.91 Å². The van der Waals surface area contributed by atoms with Gasteiger partial charge in [0.25, 0.3) is 0 Å². The van der Waals surface area contributed by atoms with Crippen LogP contribution in [-0.4, -0.2) is 25.5 Å². The van der Waals surface area contributed by atoms with Crippen LogP contribution in [0.4, 0.5) is 0 Å². The summed E-state index contributed by atoms with van der Waals surface area (Å²) in [7, 11) is 1.87. The van der Waals surface area contributed by atoms with Crippen molar-refractivity contribution in [1.29, 1.82) is 0 Å². The number of carbonyl (C=O) groups excluding carboxylic acids is 1. The molecule has 0 aliphatic carbocycles. The first-order valence-corrected chi connectivity index (χ1v) is 7.08. The first-order chi connectivity index (χ1) is 8.93. The van der Waals surface area contributed by atoms with Gasteiger partial charge in [-0.1, -0.05) is 36.2 Å². The molecule has 0 saturated heterocycles. The predicted molar refractivity (Wildman–Crippen MR) is 88.1 cm³/mol. The molecular formula is C14H21Cl3N2O. The molecule has 0 heterocycles. The highest BCUT2D eigenvalue weighted by Crippen LogP contribution is 2.23. The summed E-state index contributed by atoms with van der Waals surface area (Å²) in [5.74, 6) is -0.0872. The lowest BCUT2D eigenvalue weighted by Gasteiger charge is -2.16. The number of likely N-dealkylation sites (N-methyl/N-ethyl adjacent to an activating group) is 1. The Morgan fingerprint density at radius 2 is 1.95 bits per heavy atom. The number of amides is 1. The zero-order chi connectivity index (χ0) is 14.4. The Morgan fingerprint density at radius 1 is 1.30 bits per heavy atom. The lowest BCUT2D eigenvalue weighted by molar-refractivity contribution is -0.124. The predicted octanol–water partition coefficient (Wildman–Crippen LogP) is 3.32. The Labute approximate surface area is 136 Å². The van der Waals surface area contributed by atoms with Crippen LogP contribution in [0, 0.1) is 5.92 Å². The number of benzene rings is 1. The molecule has 1 amide bonds. The van der Waals surface area contributed by atoms with Crippen molar-refractivity contribution in [2.75, 3.05) is 13.6 Å². The van der Waals surface area contributed by atoms with E-state index in [0.29, 0.717) is 23.0 Å². The summed E-state index contributed by atoms with van der Waals surface area (Å²) in [4.78, 5) is 11.9. The summed E-state index contributed by atoms with van der Waals surface area (Å²) in [6, 6.07) is 5.61. The Balaban J connectivity index is 0.00000361. The Bertz CT molecular complexity index is 440. The maximum absolute atomic E-state index is 11.9. The number of halogens is 3. The van der Waals surface area contributed by atoms with Gasteiger partial charge in [0, 0.05) is 28.5 Å². The first kappa shape index (κ1) is 19.5. The molecule has 0 saturated carbocycles. The van der Waals surface area contributed by atoms with Crippen molar-refractivity contribution in [2.45, 2.75) is 26.3 Å². The second-order valence-electron chi connectivity index (χ2n) is 4.78. The van der Waals surface area contributed by atoms with Crippen molar-refractivity contribution in [3.8, 4) is 0 Å². The molecule has 2 N–H and O–H groups in total. The van der Waals surface area contributed by atoms with Gasteiger partial charge in [-0.15, -0.1) is 12.4 Å². The fourth-order valence-corrected chi connectivity index (χ4v) is 2.13. The molecule has 1 rings (SSSR count). The lowest BCUT2D eigenvalue weighted by Crippen LogP contribution is -2.39. The van der Waals surface area contributed by atoms with E-state index in [4.69, 9.17) is 23.2 Å². The summed E-state index contributed by atoms with van der Waals surface area (Å²) in [6.07, 6.45) is 0.607. The van der Waals surface area contributed by atoms with Gasteiger partial charge in [0.1, 0.15) is 0 Å². The second-order valence-corrected chi connectivity index (χ2v) is 5.62. The Hall–Kier alpha value is -0.480. The summed E-state index contributed by atoms with van der Waals surface area (Å²) in [5, 5.41) is 7.20. The average Bonchev–Trinajstić information content (AvgIpc) is 2.38. The highest BCUT2D eigenvalue weighted by Gasteiger charge is 2.15. The smallest absolute Gasteiger partial charge is 0.223 e. The minimum Gasteiger partial charge on any atom is -0.354 e. The third kappa shape index (κ3) is 6.31. The molecule has 0 fully saturated rings. The van der Waals surface area contributed by atoms with Crippen LogP contribution in [0.15, 0.2) is 18.2 Å². The van der Waals surface area contributed by atoms with Crippen LogP contribution in [0.1, 0.15) is 19.4 Å². The van der Waals surface area contributed by atoms with Crippen molar-refractivity contribution < 1.29 is 4.79 Å². The van der Waals surface area contributed by atoms with Crippen LogP contribution in [0.3, 0.4) is 0 Å². The molecular weight excluding hydrogens is 319 g/mol. The zero-order valence-electron chi connectivity index (χ0n) is 11.9. The zero-order valence-corrected chi connectivity index (χ0v) is 14.2. The van der Waals surface area contributed by atoms with Gasteiger partial charge < -0.3 is 10.6 Å². The minimum absolute atomic E-state index is 0. The van der Waals surface area contributed by atoms with Gasteiger partial charge in [-0.3, -0.25) is 4.79 Å². The maximum atomic E-state index is 11.9. The monoisotopic (exact) mass is 338 g/mol. The fourth-order valence-electron chi connectivity index (χ4n) is 1.64. The first-order valence-electron chi connectivity index (χ1n) is 6.33. The van der Waals surface area contributed by atoms with Crippen LogP contribution in [0.2, 0.25) is 10.0 Å². The van der Waals surface area contributed by atoms with Gasteiger partial charge in [0.15, 0.2) is 0 Å². The van der Waals surface area contributed by atoms with E-state index in [0.717, 1.165) is 5.56 Å². The number of nitrogens with one attached hydrogen (secondary N) is 2. The van der Waals surface area contributed by atoms with E-state index in [2.05, 4.69) is 10.6 Å². The molecule has 1 aromatic carbocycles.